The van der Waals surface area contributed by atoms with Crippen LogP contribution < -0.4 is 5.32 Å². The van der Waals surface area contributed by atoms with E-state index in [2.05, 4.69) is 34.5 Å². The average molecular weight is 438 g/mol. The quantitative estimate of drug-likeness (QED) is 0.752. The molecular weight excluding hydrogens is 405 g/mol. The van der Waals surface area contributed by atoms with Crippen LogP contribution in [0.3, 0.4) is 0 Å². The number of nitrogens with one attached hydrogen (secondary N) is 1. The van der Waals surface area contributed by atoms with Gasteiger partial charge in [-0.2, -0.15) is 0 Å². The van der Waals surface area contributed by atoms with Gasteiger partial charge in [0.05, 0.1) is 0 Å². The van der Waals surface area contributed by atoms with E-state index in [1.165, 1.54) is 23.3 Å². The standard InChI is InChI=1S/C26H32FN3O2/c1-29(2)16-13-28-24(31)17-20-18-26(23-6-4-3-5-22(20)23)11-14-30(15-12-26)25(32)19-7-9-21(27)10-8-19/h3-10,20H,11-18H2,1-2H3,(H,28,31). The molecule has 1 saturated heterocycles. The maximum Gasteiger partial charge on any atom is 0.253 e. The van der Waals surface area contributed by atoms with Crippen LogP contribution in [0.1, 0.15) is 53.1 Å². The number of carbonyl (C=O) groups is 2. The molecule has 2 aromatic carbocycles. The molecule has 0 bridgehead atoms. The van der Waals surface area contributed by atoms with Crippen LogP contribution in [0, 0.1) is 5.82 Å². The van der Waals surface area contributed by atoms with Crippen molar-refractivity contribution in [3.8, 4) is 0 Å². The van der Waals surface area contributed by atoms with Crippen LogP contribution >= 0.6 is 0 Å². The molecule has 1 heterocycles. The van der Waals surface area contributed by atoms with E-state index in [1.54, 1.807) is 12.1 Å². The molecule has 0 saturated carbocycles. The zero-order valence-electron chi connectivity index (χ0n) is 18.9. The minimum atomic E-state index is -0.335. The number of piperidine rings is 1. The lowest BCUT2D eigenvalue weighted by molar-refractivity contribution is -0.121. The number of amides is 2. The summed E-state index contributed by atoms with van der Waals surface area (Å²) in [4.78, 5) is 29.4. The molecule has 6 heteroatoms. The number of likely N-dealkylation sites (N-methyl/N-ethyl adjacent to an activating group) is 1. The predicted molar refractivity (Wildman–Crippen MR) is 123 cm³/mol. The van der Waals surface area contributed by atoms with Crippen molar-refractivity contribution in [2.24, 2.45) is 0 Å². The van der Waals surface area contributed by atoms with Crippen LogP contribution in [0.15, 0.2) is 48.5 Å². The fourth-order valence-electron chi connectivity index (χ4n) is 5.31. The monoisotopic (exact) mass is 437 g/mol. The number of likely N-dealkylation sites (tertiary alicyclic amines) is 1. The minimum Gasteiger partial charge on any atom is -0.355 e. The highest BCUT2D eigenvalue weighted by Crippen LogP contribution is 2.52. The molecule has 0 radical (unpaired) electrons. The van der Waals surface area contributed by atoms with Gasteiger partial charge in [-0.25, -0.2) is 4.39 Å². The maximum absolute atomic E-state index is 13.2. The second-order valence-electron chi connectivity index (χ2n) is 9.43. The Bertz CT molecular complexity index is 965. The molecule has 1 atom stereocenters. The Morgan fingerprint density at radius 3 is 2.47 bits per heavy atom. The number of rotatable bonds is 6. The van der Waals surface area contributed by atoms with Gasteiger partial charge in [0, 0.05) is 38.2 Å². The van der Waals surface area contributed by atoms with Crippen molar-refractivity contribution in [3.05, 3.63) is 71.0 Å². The van der Waals surface area contributed by atoms with Gasteiger partial charge in [0.1, 0.15) is 5.82 Å². The zero-order chi connectivity index (χ0) is 22.7. The van der Waals surface area contributed by atoms with Gasteiger partial charge >= 0.3 is 0 Å². The Morgan fingerprint density at radius 1 is 1.09 bits per heavy atom. The topological polar surface area (TPSA) is 52.7 Å². The lowest BCUT2D eigenvalue weighted by atomic mass is 9.73. The average Bonchev–Trinajstić information content (AvgIpc) is 3.07. The highest BCUT2D eigenvalue weighted by molar-refractivity contribution is 5.94. The molecule has 1 N–H and O–H groups in total. The van der Waals surface area contributed by atoms with Crippen LogP contribution in [-0.4, -0.2) is 61.9 Å². The normalized spacial score (nSPS) is 19.2. The number of hydrogen-bond donors (Lipinski definition) is 1. The Kier molecular flexibility index (Phi) is 6.60. The molecule has 1 fully saturated rings. The molecular formula is C26H32FN3O2. The second kappa shape index (κ2) is 9.41. The first kappa shape index (κ1) is 22.5. The first-order valence-electron chi connectivity index (χ1n) is 11.4. The number of benzene rings is 2. The van der Waals surface area contributed by atoms with E-state index >= 15 is 0 Å². The number of fused-ring (bicyclic) bond motifs is 2. The SMILES string of the molecule is CN(C)CCNC(=O)CC1CC2(CCN(C(=O)c3ccc(F)cc3)CC2)c2ccccc21. The third-order valence-corrected chi connectivity index (χ3v) is 7.02. The fourth-order valence-corrected chi connectivity index (χ4v) is 5.31. The summed E-state index contributed by atoms with van der Waals surface area (Å²) in [6.45, 7) is 2.83. The van der Waals surface area contributed by atoms with Gasteiger partial charge in [-0.1, -0.05) is 24.3 Å². The summed E-state index contributed by atoms with van der Waals surface area (Å²) in [6.07, 6.45) is 3.22. The van der Waals surface area contributed by atoms with Gasteiger partial charge in [0.15, 0.2) is 0 Å². The number of hydrogen-bond acceptors (Lipinski definition) is 3. The van der Waals surface area contributed by atoms with Crippen molar-refractivity contribution >= 4 is 11.8 Å². The minimum absolute atomic E-state index is 0.0186. The van der Waals surface area contributed by atoms with Crippen molar-refractivity contribution in [1.29, 1.82) is 0 Å². The Balaban J connectivity index is 1.42. The van der Waals surface area contributed by atoms with E-state index in [4.69, 9.17) is 0 Å². The third kappa shape index (κ3) is 4.70. The lowest BCUT2D eigenvalue weighted by Gasteiger charge is -2.40. The van der Waals surface area contributed by atoms with Crippen molar-refractivity contribution in [2.75, 3.05) is 40.3 Å². The van der Waals surface area contributed by atoms with Gasteiger partial charge in [0.2, 0.25) is 5.91 Å². The van der Waals surface area contributed by atoms with Gasteiger partial charge in [-0.15, -0.1) is 0 Å². The molecule has 1 aliphatic heterocycles. The van der Waals surface area contributed by atoms with Gasteiger partial charge in [-0.3, -0.25) is 9.59 Å². The smallest absolute Gasteiger partial charge is 0.253 e. The molecule has 0 aromatic heterocycles. The summed E-state index contributed by atoms with van der Waals surface area (Å²) in [5.74, 6) is -0.0565. The van der Waals surface area contributed by atoms with Crippen LogP contribution in [-0.2, 0) is 10.2 Å². The van der Waals surface area contributed by atoms with Crippen LogP contribution in [0.2, 0.25) is 0 Å². The van der Waals surface area contributed by atoms with E-state index < -0.39 is 0 Å². The highest BCUT2D eigenvalue weighted by atomic mass is 19.1. The van der Waals surface area contributed by atoms with Crippen LogP contribution in [0.25, 0.3) is 0 Å². The molecule has 2 amide bonds. The molecule has 2 aromatic rings. The van der Waals surface area contributed by atoms with Gasteiger partial charge in [0.25, 0.3) is 5.91 Å². The Labute approximate surface area is 189 Å². The molecule has 1 aliphatic carbocycles. The van der Waals surface area contributed by atoms with E-state index in [0.717, 1.165) is 25.8 Å². The third-order valence-electron chi connectivity index (χ3n) is 7.02. The van der Waals surface area contributed by atoms with E-state index in [9.17, 15) is 14.0 Å². The zero-order valence-corrected chi connectivity index (χ0v) is 18.9. The highest BCUT2D eigenvalue weighted by Gasteiger charge is 2.46. The summed E-state index contributed by atoms with van der Waals surface area (Å²) >= 11 is 0. The van der Waals surface area contributed by atoms with Crippen molar-refractivity contribution in [1.82, 2.24) is 15.1 Å². The van der Waals surface area contributed by atoms with Crippen LogP contribution in [0.4, 0.5) is 4.39 Å². The van der Waals surface area contributed by atoms with Gasteiger partial charge in [-0.05, 0) is 80.1 Å². The van der Waals surface area contributed by atoms with Crippen molar-refractivity contribution in [3.63, 3.8) is 0 Å². The lowest BCUT2D eigenvalue weighted by Crippen LogP contribution is -2.44. The Hall–Kier alpha value is -2.73. The van der Waals surface area contributed by atoms with Crippen molar-refractivity contribution < 1.29 is 14.0 Å². The van der Waals surface area contributed by atoms with E-state index in [1.807, 2.05) is 19.0 Å². The fraction of sp³-hybridized carbons (Fsp3) is 0.462. The molecule has 1 spiro atoms. The first-order chi connectivity index (χ1) is 15.4. The molecule has 4 rings (SSSR count). The number of carbonyl (C=O) groups excluding carboxylic acids is 2. The molecule has 5 nitrogen and oxygen atoms in total. The molecule has 2 aliphatic rings. The number of halogens is 1. The Morgan fingerprint density at radius 2 is 1.78 bits per heavy atom. The number of nitrogens with zero attached hydrogens (tertiary/aromatic N) is 2. The van der Waals surface area contributed by atoms with E-state index in [-0.39, 0.29) is 29.0 Å². The summed E-state index contributed by atoms with van der Waals surface area (Å²) in [5, 5.41) is 3.05. The van der Waals surface area contributed by atoms with Crippen LogP contribution in [0.5, 0.6) is 0 Å². The first-order valence-corrected chi connectivity index (χ1v) is 11.4. The molecule has 1 unspecified atom stereocenters. The summed E-state index contributed by atoms with van der Waals surface area (Å²) < 4.78 is 13.2. The summed E-state index contributed by atoms with van der Waals surface area (Å²) in [7, 11) is 3.99. The second-order valence-corrected chi connectivity index (χ2v) is 9.43. The van der Waals surface area contributed by atoms with Crippen molar-refractivity contribution in [2.45, 2.75) is 37.0 Å². The summed E-state index contributed by atoms with van der Waals surface area (Å²) in [6, 6.07) is 14.3. The maximum atomic E-state index is 13.2. The van der Waals surface area contributed by atoms with E-state index in [0.29, 0.717) is 31.6 Å². The predicted octanol–water partition coefficient (Wildman–Crippen LogP) is 3.55. The molecule has 32 heavy (non-hydrogen) atoms. The summed E-state index contributed by atoms with van der Waals surface area (Å²) in [5.41, 5.74) is 3.18. The largest absolute Gasteiger partial charge is 0.355 e. The molecule has 170 valence electrons. The van der Waals surface area contributed by atoms with Gasteiger partial charge < -0.3 is 15.1 Å².